The van der Waals surface area contributed by atoms with Crippen LogP contribution >= 0.6 is 0 Å². The minimum absolute atomic E-state index is 0.827. The Bertz CT molecular complexity index is 960. The zero-order valence-corrected chi connectivity index (χ0v) is 17.2. The van der Waals surface area contributed by atoms with Crippen LogP contribution in [0.1, 0.15) is 11.3 Å². The molecule has 0 atom stereocenters. The van der Waals surface area contributed by atoms with Crippen molar-refractivity contribution in [3.8, 4) is 17.1 Å². The van der Waals surface area contributed by atoms with Crippen molar-refractivity contribution in [3.63, 3.8) is 0 Å². The van der Waals surface area contributed by atoms with Crippen molar-refractivity contribution < 1.29 is 31.3 Å². The van der Waals surface area contributed by atoms with E-state index in [-0.39, 0.29) is 0 Å². The molecule has 3 aromatic rings. The maximum atomic E-state index is 9.75. The lowest BCUT2D eigenvalue weighted by Gasteiger charge is -2.11. The van der Waals surface area contributed by atoms with Gasteiger partial charge in [-0.3, -0.25) is 0 Å². The number of nitrogens with zero attached hydrogens (tertiary/aromatic N) is 2. The van der Waals surface area contributed by atoms with Crippen molar-refractivity contribution in [2.45, 2.75) is 0 Å². The molecular weight excluding hydrogens is 399 g/mol. The Morgan fingerprint density at radius 3 is 2.00 bits per heavy atom. The first-order valence-corrected chi connectivity index (χ1v) is 9.04. The van der Waals surface area contributed by atoms with E-state index >= 15 is 0 Å². The number of aryl methyl sites for hydroxylation is 1. The summed E-state index contributed by atoms with van der Waals surface area (Å²) in [6.07, 6.45) is 4.14. The summed E-state index contributed by atoms with van der Waals surface area (Å²) in [7, 11) is 1.64. The van der Waals surface area contributed by atoms with Crippen molar-refractivity contribution in [3.05, 3.63) is 65.9 Å². The van der Waals surface area contributed by atoms with Crippen LogP contribution < -0.4 is 14.4 Å². The van der Waals surface area contributed by atoms with E-state index < -0.39 is 7.25 Å². The van der Waals surface area contributed by atoms with Crippen LogP contribution in [-0.4, -0.2) is 28.5 Å². The lowest BCUT2D eigenvalue weighted by Crippen LogP contribution is -2.27. The van der Waals surface area contributed by atoms with Gasteiger partial charge in [0.25, 0.3) is 5.69 Å². The first kappa shape index (κ1) is 23.1. The lowest BCUT2D eigenvalue weighted by molar-refractivity contribution is -0.844. The van der Waals surface area contributed by atoms with Crippen LogP contribution in [0.15, 0.2) is 59.1 Å². The van der Waals surface area contributed by atoms with Gasteiger partial charge in [0.05, 0.1) is 13.2 Å². The molecule has 0 N–H and O–H groups in total. The number of aromatic nitrogens is 1. The fraction of sp³-hybridized carbons (Fsp3) is 0.190. The SMILES string of the molecule is COc1ccc(-c2cc(/C=C/c3ccc(N(C)C)cc3)[n+](C)o2)cc1.F[B-](F)(F)F. The maximum Gasteiger partial charge on any atom is 0.673 e. The molecule has 1 heterocycles. The molecule has 0 saturated carbocycles. The van der Waals surface area contributed by atoms with E-state index in [2.05, 4.69) is 41.3 Å². The van der Waals surface area contributed by atoms with Crippen LogP contribution in [0.3, 0.4) is 0 Å². The fourth-order valence-electron chi connectivity index (χ4n) is 2.56. The molecule has 0 aliphatic heterocycles. The lowest BCUT2D eigenvalue weighted by atomic mass is 10.1. The Morgan fingerprint density at radius 2 is 1.50 bits per heavy atom. The molecule has 2 aromatic carbocycles. The van der Waals surface area contributed by atoms with Crippen LogP contribution in [0.5, 0.6) is 5.75 Å². The Balaban J connectivity index is 0.000000575. The van der Waals surface area contributed by atoms with Crippen LogP contribution in [0.2, 0.25) is 0 Å². The van der Waals surface area contributed by atoms with Crippen molar-refractivity contribution in [1.29, 1.82) is 0 Å². The van der Waals surface area contributed by atoms with Gasteiger partial charge in [0.1, 0.15) is 5.75 Å². The summed E-state index contributed by atoms with van der Waals surface area (Å²) < 4.78 is 51.8. The summed E-state index contributed by atoms with van der Waals surface area (Å²) in [4.78, 5) is 2.09. The third-order valence-electron chi connectivity index (χ3n) is 4.11. The summed E-state index contributed by atoms with van der Waals surface area (Å²) in [6.45, 7) is 0. The molecule has 0 fully saturated rings. The van der Waals surface area contributed by atoms with Gasteiger partial charge in [0.15, 0.2) is 7.05 Å². The Labute approximate surface area is 173 Å². The molecule has 0 aliphatic carbocycles. The number of anilines is 1. The molecule has 0 radical (unpaired) electrons. The third kappa shape index (κ3) is 7.31. The van der Waals surface area contributed by atoms with E-state index in [1.54, 1.807) is 11.8 Å². The van der Waals surface area contributed by atoms with Gasteiger partial charge in [0.2, 0.25) is 5.76 Å². The van der Waals surface area contributed by atoms with Crippen LogP contribution in [0, 0.1) is 0 Å². The zero-order valence-electron chi connectivity index (χ0n) is 17.2. The Kier molecular flexibility index (Phi) is 7.69. The van der Waals surface area contributed by atoms with Gasteiger partial charge in [-0.05, 0) is 52.8 Å². The molecule has 1 aromatic heterocycles. The fourth-order valence-corrected chi connectivity index (χ4v) is 2.56. The zero-order chi connectivity index (χ0) is 22.3. The van der Waals surface area contributed by atoms with Gasteiger partial charge >= 0.3 is 7.25 Å². The summed E-state index contributed by atoms with van der Waals surface area (Å²) in [5.74, 6) is 1.66. The molecule has 0 amide bonds. The molecule has 0 spiro atoms. The monoisotopic (exact) mass is 422 g/mol. The first-order valence-electron chi connectivity index (χ1n) is 9.04. The van der Waals surface area contributed by atoms with Crippen LogP contribution in [-0.2, 0) is 7.05 Å². The van der Waals surface area contributed by atoms with Crippen molar-refractivity contribution in [2.75, 3.05) is 26.1 Å². The molecule has 4 nitrogen and oxygen atoms in total. The van der Waals surface area contributed by atoms with Crippen molar-refractivity contribution in [1.82, 2.24) is 0 Å². The number of ether oxygens (including phenoxy) is 1. The van der Waals surface area contributed by atoms with E-state index in [1.165, 1.54) is 5.69 Å². The highest BCUT2D eigenvalue weighted by molar-refractivity contribution is 6.50. The van der Waals surface area contributed by atoms with Gasteiger partial charge in [-0.1, -0.05) is 12.1 Å². The molecule has 30 heavy (non-hydrogen) atoms. The summed E-state index contributed by atoms with van der Waals surface area (Å²) in [6, 6.07) is 18.3. The number of benzene rings is 2. The second-order valence-corrected chi connectivity index (χ2v) is 6.56. The Hall–Kier alpha value is -3.23. The number of halogens is 4. The van der Waals surface area contributed by atoms with E-state index in [9.17, 15) is 17.3 Å². The number of methoxy groups -OCH3 is 1. The van der Waals surface area contributed by atoms with Crippen molar-refractivity contribution in [2.24, 2.45) is 7.05 Å². The molecule has 0 unspecified atom stereocenters. The van der Waals surface area contributed by atoms with Gasteiger partial charge in [-0.15, -0.1) is 0 Å². The smallest absolute Gasteiger partial charge is 0.497 e. The highest BCUT2D eigenvalue weighted by Gasteiger charge is 2.20. The molecule has 3 rings (SSSR count). The average Bonchev–Trinajstić information content (AvgIpc) is 3.06. The Morgan fingerprint density at radius 1 is 0.933 bits per heavy atom. The quantitative estimate of drug-likeness (QED) is 0.317. The highest BCUT2D eigenvalue weighted by atomic mass is 19.5. The second-order valence-electron chi connectivity index (χ2n) is 6.56. The van der Waals surface area contributed by atoms with Crippen LogP contribution in [0.4, 0.5) is 23.0 Å². The molecule has 9 heteroatoms. The average molecular weight is 422 g/mol. The summed E-state index contributed by atoms with van der Waals surface area (Å²) in [5, 5.41) is 0. The summed E-state index contributed by atoms with van der Waals surface area (Å²) >= 11 is 0. The molecule has 0 aliphatic rings. The second kappa shape index (κ2) is 10.0. The predicted molar refractivity (Wildman–Crippen MR) is 112 cm³/mol. The maximum absolute atomic E-state index is 9.75. The summed E-state index contributed by atoms with van der Waals surface area (Å²) in [5.41, 5.74) is 4.36. The van der Waals surface area contributed by atoms with Gasteiger partial charge < -0.3 is 26.9 Å². The number of hydrogen-bond acceptors (Lipinski definition) is 3. The first-order chi connectivity index (χ1) is 14.1. The minimum Gasteiger partial charge on any atom is -0.497 e. The molecule has 0 bridgehead atoms. The predicted octanol–water partition coefficient (Wildman–Crippen LogP) is 5.32. The molecule has 160 valence electrons. The number of hydrogen-bond donors (Lipinski definition) is 0. The van der Waals surface area contributed by atoms with Crippen LogP contribution in [0.25, 0.3) is 23.5 Å². The van der Waals surface area contributed by atoms with E-state index in [4.69, 9.17) is 9.26 Å². The van der Waals surface area contributed by atoms with Gasteiger partial charge in [-0.2, -0.15) is 0 Å². The van der Waals surface area contributed by atoms with Crippen molar-refractivity contribution >= 4 is 25.1 Å². The van der Waals surface area contributed by atoms with E-state index in [0.717, 1.165) is 28.3 Å². The van der Waals surface area contributed by atoms with E-state index in [1.807, 2.05) is 51.5 Å². The van der Waals surface area contributed by atoms with Gasteiger partial charge in [0, 0.05) is 31.4 Å². The van der Waals surface area contributed by atoms with E-state index in [0.29, 0.717) is 0 Å². The minimum atomic E-state index is -6.00. The topological polar surface area (TPSA) is 29.5 Å². The van der Waals surface area contributed by atoms with Gasteiger partial charge in [-0.25, -0.2) is 4.52 Å². The number of rotatable bonds is 5. The highest BCUT2D eigenvalue weighted by Crippen LogP contribution is 2.23. The normalized spacial score (nSPS) is 11.2. The molecule has 0 saturated heterocycles. The standard InChI is InChI=1S/C21H23N2O2.BF4/c1-22(2)18-10-5-16(6-11-18)7-12-19-15-21(25-23(19)3)17-8-13-20(24-4)14-9-17;2-1(3,4)5/h5-15H,1-4H3;/q+1;-1. The third-order valence-corrected chi connectivity index (χ3v) is 4.11. The largest absolute Gasteiger partial charge is 0.673 e. The molecular formula is C21H23BF4N2O2.